The molecule has 3 N–H and O–H groups in total. The molecule has 0 amide bonds. The van der Waals surface area contributed by atoms with Crippen LogP contribution in [0.1, 0.15) is 30.5 Å². The maximum Gasteiger partial charge on any atom is 0.122 e. The first-order valence-corrected chi connectivity index (χ1v) is 12.2. The Morgan fingerprint density at radius 1 is 0.970 bits per heavy atom. The Labute approximate surface area is 202 Å². The summed E-state index contributed by atoms with van der Waals surface area (Å²) in [6.45, 7) is 11.3. The van der Waals surface area contributed by atoms with Crippen molar-refractivity contribution in [3.05, 3.63) is 59.2 Å². The predicted octanol–water partition coefficient (Wildman–Crippen LogP) is 2.94. The van der Waals surface area contributed by atoms with Gasteiger partial charge in [0.05, 0.1) is 5.88 Å². The van der Waals surface area contributed by atoms with E-state index in [4.69, 9.17) is 21.1 Å². The molecule has 1 aliphatic rings. The number of hydrogen-bond donors (Lipinski definition) is 3. The first-order chi connectivity index (χ1) is 15.8. The van der Waals surface area contributed by atoms with Gasteiger partial charge in [-0.15, -0.1) is 11.6 Å². The van der Waals surface area contributed by atoms with Gasteiger partial charge in [0.1, 0.15) is 36.9 Å². The van der Waals surface area contributed by atoms with E-state index in [9.17, 15) is 10.2 Å². The third-order valence-corrected chi connectivity index (χ3v) is 6.56. The van der Waals surface area contributed by atoms with Crippen LogP contribution < -0.4 is 14.8 Å². The number of hydrogen-bond acceptors (Lipinski definition) is 6. The fraction of sp³-hybridized carbons (Fsp3) is 0.538. The minimum Gasteiger partial charge on any atom is -0.491 e. The van der Waals surface area contributed by atoms with E-state index >= 15 is 0 Å². The van der Waals surface area contributed by atoms with E-state index in [1.807, 2.05) is 25.1 Å². The highest BCUT2D eigenvalue weighted by molar-refractivity contribution is 6.18. The molecule has 7 heteroatoms. The maximum atomic E-state index is 10.3. The molecule has 1 saturated heterocycles. The van der Waals surface area contributed by atoms with E-state index in [0.717, 1.165) is 43.2 Å². The van der Waals surface area contributed by atoms with E-state index in [-0.39, 0.29) is 24.5 Å². The average Bonchev–Trinajstić information content (AvgIpc) is 2.82. The van der Waals surface area contributed by atoms with Crippen molar-refractivity contribution < 1.29 is 19.7 Å². The van der Waals surface area contributed by atoms with E-state index < -0.39 is 12.2 Å². The number of rotatable bonds is 11. The molecule has 0 aromatic heterocycles. The van der Waals surface area contributed by atoms with Crippen molar-refractivity contribution in [3.63, 3.8) is 0 Å². The summed E-state index contributed by atoms with van der Waals surface area (Å²) in [5.74, 6) is 1.66. The second-order valence-corrected chi connectivity index (χ2v) is 9.57. The molecular weight excluding hydrogens is 440 g/mol. The topological polar surface area (TPSA) is 74.2 Å². The smallest absolute Gasteiger partial charge is 0.122 e. The van der Waals surface area contributed by atoms with Crippen molar-refractivity contribution in [2.24, 2.45) is 0 Å². The molecule has 6 nitrogen and oxygen atoms in total. The SMILES string of the molecule is Cc1cc(C(C)(C)c2ccc(OC[C@@H](O)CN3CCNCC3)cc2)ccc1OC[C@H](O)CCl. The van der Waals surface area contributed by atoms with Crippen molar-refractivity contribution >= 4 is 11.6 Å². The lowest BCUT2D eigenvalue weighted by molar-refractivity contribution is 0.0641. The van der Waals surface area contributed by atoms with Crippen LogP contribution in [0, 0.1) is 6.92 Å². The van der Waals surface area contributed by atoms with Crippen LogP contribution in [-0.2, 0) is 5.41 Å². The predicted molar refractivity (Wildman–Crippen MR) is 133 cm³/mol. The minimum absolute atomic E-state index is 0.152. The Morgan fingerprint density at radius 3 is 2.24 bits per heavy atom. The molecule has 1 fully saturated rings. The van der Waals surface area contributed by atoms with Gasteiger partial charge in [-0.2, -0.15) is 0 Å². The number of nitrogens with zero attached hydrogens (tertiary/aromatic N) is 1. The van der Waals surface area contributed by atoms with Gasteiger partial charge < -0.3 is 25.0 Å². The van der Waals surface area contributed by atoms with Gasteiger partial charge in [-0.1, -0.05) is 38.1 Å². The summed E-state index contributed by atoms with van der Waals surface area (Å²) in [4.78, 5) is 2.26. The van der Waals surface area contributed by atoms with Crippen LogP contribution in [-0.4, -0.2) is 79.1 Å². The zero-order valence-electron chi connectivity index (χ0n) is 19.9. The summed E-state index contributed by atoms with van der Waals surface area (Å²) in [6, 6.07) is 14.2. The number of β-amino-alcohol motifs (C(OH)–C–C–N with tert-alkyl or cyclic N) is 1. The fourth-order valence-corrected chi connectivity index (χ4v) is 4.09. The minimum atomic E-state index is -0.675. The zero-order chi connectivity index (χ0) is 23.8. The number of ether oxygens (including phenoxy) is 2. The Morgan fingerprint density at radius 2 is 1.61 bits per heavy atom. The van der Waals surface area contributed by atoms with E-state index in [0.29, 0.717) is 6.54 Å². The number of benzene rings is 2. The van der Waals surface area contributed by atoms with Crippen molar-refractivity contribution in [1.29, 1.82) is 0 Å². The Balaban J connectivity index is 1.57. The van der Waals surface area contributed by atoms with Crippen LogP contribution in [0.15, 0.2) is 42.5 Å². The summed E-state index contributed by atoms with van der Waals surface area (Å²) >= 11 is 5.64. The standard InChI is InChI=1S/C26H37ClN2O4/c1-19-14-21(6-9-25(19)33-17-22(30)15-27)26(2,3)20-4-7-24(8-5-20)32-18-23(31)16-29-12-10-28-11-13-29/h4-9,14,22-23,28,30-31H,10-13,15-18H2,1-3H3/t22-,23+/m1/s1. The average molecular weight is 477 g/mol. The van der Waals surface area contributed by atoms with Crippen LogP contribution in [0.25, 0.3) is 0 Å². The Hall–Kier alpha value is -1.83. The number of halogens is 1. The van der Waals surface area contributed by atoms with E-state index in [1.165, 1.54) is 11.1 Å². The number of aryl methyl sites for hydroxylation is 1. The molecular formula is C26H37ClN2O4. The summed E-state index contributed by atoms with van der Waals surface area (Å²) in [7, 11) is 0. The number of aliphatic hydroxyl groups excluding tert-OH is 2. The fourth-order valence-electron chi connectivity index (χ4n) is 4.00. The van der Waals surface area contributed by atoms with Crippen molar-refractivity contribution in [2.75, 3.05) is 51.8 Å². The third kappa shape index (κ3) is 7.33. The lowest BCUT2D eigenvalue weighted by Crippen LogP contribution is -2.47. The zero-order valence-corrected chi connectivity index (χ0v) is 20.6. The van der Waals surface area contributed by atoms with Crippen LogP contribution in [0.4, 0.5) is 0 Å². The van der Waals surface area contributed by atoms with Gasteiger partial charge >= 0.3 is 0 Å². The molecule has 0 spiro atoms. The molecule has 1 aliphatic heterocycles. The first-order valence-electron chi connectivity index (χ1n) is 11.6. The molecule has 2 aromatic rings. The summed E-state index contributed by atoms with van der Waals surface area (Å²) in [5.41, 5.74) is 3.15. The molecule has 3 rings (SSSR count). The van der Waals surface area contributed by atoms with Gasteiger partial charge in [0.15, 0.2) is 0 Å². The monoisotopic (exact) mass is 476 g/mol. The second-order valence-electron chi connectivity index (χ2n) is 9.26. The normalized spacial score (nSPS) is 16.9. The quantitative estimate of drug-likeness (QED) is 0.433. The lowest BCUT2D eigenvalue weighted by Gasteiger charge is -2.29. The molecule has 0 aliphatic carbocycles. The summed E-state index contributed by atoms with van der Waals surface area (Å²) < 4.78 is 11.5. The lowest BCUT2D eigenvalue weighted by atomic mass is 9.77. The van der Waals surface area contributed by atoms with Crippen LogP contribution in [0.3, 0.4) is 0 Å². The molecule has 0 radical (unpaired) electrons. The van der Waals surface area contributed by atoms with E-state index in [1.54, 1.807) is 0 Å². The molecule has 33 heavy (non-hydrogen) atoms. The van der Waals surface area contributed by atoms with E-state index in [2.05, 4.69) is 48.3 Å². The Bertz CT molecular complexity index is 869. The van der Waals surface area contributed by atoms with Crippen molar-refractivity contribution in [3.8, 4) is 11.5 Å². The molecule has 0 bridgehead atoms. The maximum absolute atomic E-state index is 10.3. The van der Waals surface area contributed by atoms with Gasteiger partial charge in [-0.3, -0.25) is 4.90 Å². The molecule has 2 atom stereocenters. The molecule has 0 saturated carbocycles. The number of aliphatic hydroxyl groups is 2. The summed E-state index contributed by atoms with van der Waals surface area (Å²) in [6.07, 6.45) is -1.18. The van der Waals surface area contributed by atoms with Gasteiger partial charge in [-0.25, -0.2) is 0 Å². The van der Waals surface area contributed by atoms with Crippen molar-refractivity contribution in [2.45, 2.75) is 38.4 Å². The largest absolute Gasteiger partial charge is 0.491 e. The Kier molecular flexibility index (Phi) is 9.41. The van der Waals surface area contributed by atoms with Gasteiger partial charge in [0.25, 0.3) is 0 Å². The molecule has 0 unspecified atom stereocenters. The van der Waals surface area contributed by atoms with Crippen LogP contribution >= 0.6 is 11.6 Å². The second kappa shape index (κ2) is 12.0. The summed E-state index contributed by atoms with van der Waals surface area (Å²) in [5, 5.41) is 23.2. The van der Waals surface area contributed by atoms with Crippen LogP contribution in [0.5, 0.6) is 11.5 Å². The third-order valence-electron chi connectivity index (χ3n) is 6.20. The van der Waals surface area contributed by atoms with Gasteiger partial charge in [0.2, 0.25) is 0 Å². The number of nitrogens with one attached hydrogen (secondary N) is 1. The highest BCUT2D eigenvalue weighted by Gasteiger charge is 2.24. The number of piperazine rings is 1. The van der Waals surface area contributed by atoms with Gasteiger partial charge in [-0.05, 0) is 41.8 Å². The molecule has 1 heterocycles. The highest BCUT2D eigenvalue weighted by atomic mass is 35.5. The van der Waals surface area contributed by atoms with Gasteiger partial charge in [0, 0.05) is 38.1 Å². The molecule has 182 valence electrons. The highest BCUT2D eigenvalue weighted by Crippen LogP contribution is 2.34. The molecule has 2 aromatic carbocycles. The first kappa shape index (κ1) is 25.8. The van der Waals surface area contributed by atoms with Crippen LogP contribution in [0.2, 0.25) is 0 Å². The number of alkyl halides is 1. The van der Waals surface area contributed by atoms with Crippen molar-refractivity contribution in [1.82, 2.24) is 10.2 Å².